The molecule has 2 aromatic carbocycles. The second-order valence-electron chi connectivity index (χ2n) is 7.15. The van der Waals surface area contributed by atoms with Crippen molar-refractivity contribution in [3.63, 3.8) is 0 Å². The molecule has 2 aliphatic rings. The Morgan fingerprint density at radius 3 is 2.52 bits per heavy atom. The van der Waals surface area contributed by atoms with Crippen LogP contribution in [0.15, 0.2) is 54.6 Å². The van der Waals surface area contributed by atoms with Gasteiger partial charge in [0.25, 0.3) is 5.91 Å². The molecular weight excluding hydrogens is 312 g/mol. The fourth-order valence-corrected chi connectivity index (χ4v) is 3.72. The lowest BCUT2D eigenvalue weighted by Gasteiger charge is -2.18. The maximum Gasteiger partial charge on any atom is 0.257 e. The molecule has 1 saturated heterocycles. The summed E-state index contributed by atoms with van der Waals surface area (Å²) in [6.07, 6.45) is 2.52. The smallest absolute Gasteiger partial charge is 0.257 e. The summed E-state index contributed by atoms with van der Waals surface area (Å²) in [4.78, 5) is 14.9. The second kappa shape index (κ2) is 6.89. The van der Waals surface area contributed by atoms with Gasteiger partial charge >= 0.3 is 0 Å². The van der Waals surface area contributed by atoms with Crippen LogP contribution in [0.5, 0.6) is 5.75 Å². The summed E-state index contributed by atoms with van der Waals surface area (Å²) in [6, 6.07) is 17.6. The molecule has 0 spiro atoms. The summed E-state index contributed by atoms with van der Waals surface area (Å²) in [7, 11) is 0. The first-order valence-electron chi connectivity index (χ1n) is 9.03. The molecule has 1 aliphatic heterocycles. The van der Waals surface area contributed by atoms with E-state index in [1.54, 1.807) is 0 Å². The molecule has 0 radical (unpaired) electrons. The van der Waals surface area contributed by atoms with Gasteiger partial charge in [-0.1, -0.05) is 42.5 Å². The van der Waals surface area contributed by atoms with Crippen LogP contribution in [0.1, 0.15) is 28.8 Å². The predicted molar refractivity (Wildman–Crippen MR) is 97.3 cm³/mol. The number of nitrogens with two attached hydrogens (primary N) is 1. The van der Waals surface area contributed by atoms with Gasteiger partial charge in [-0.2, -0.15) is 0 Å². The van der Waals surface area contributed by atoms with Gasteiger partial charge in [0, 0.05) is 19.1 Å². The van der Waals surface area contributed by atoms with E-state index in [1.807, 2.05) is 59.5 Å². The third-order valence-electron chi connectivity index (χ3n) is 5.28. The fourth-order valence-electron chi connectivity index (χ4n) is 3.72. The summed E-state index contributed by atoms with van der Waals surface area (Å²) in [5.41, 5.74) is 7.99. The van der Waals surface area contributed by atoms with Crippen molar-refractivity contribution in [1.82, 2.24) is 4.90 Å². The Labute approximate surface area is 148 Å². The number of nitrogens with zero attached hydrogens (tertiary/aromatic N) is 1. The van der Waals surface area contributed by atoms with Crippen molar-refractivity contribution in [3.05, 3.63) is 65.7 Å². The molecule has 0 bridgehead atoms. The molecule has 2 N–H and O–H groups in total. The minimum absolute atomic E-state index is 0.0299. The maximum absolute atomic E-state index is 13.0. The summed E-state index contributed by atoms with van der Waals surface area (Å²) in [5.74, 6) is 1.85. The molecule has 2 atom stereocenters. The summed E-state index contributed by atoms with van der Waals surface area (Å²) in [6.45, 7) is 1.88. The number of hydrogen-bond donors (Lipinski definition) is 1. The molecule has 1 saturated carbocycles. The van der Waals surface area contributed by atoms with Gasteiger partial charge in [-0.05, 0) is 42.4 Å². The Bertz CT molecular complexity index is 743. The second-order valence-corrected chi connectivity index (χ2v) is 7.15. The van der Waals surface area contributed by atoms with Gasteiger partial charge in [0.2, 0.25) is 0 Å². The standard InChI is InChI=1S/C21H24N2O2/c22-19-13-23(12-18(19)16-10-11-16)21(24)17-8-4-5-9-20(17)25-14-15-6-2-1-3-7-15/h1-9,16,18-19H,10-14,22H2. The van der Waals surface area contributed by atoms with Gasteiger partial charge < -0.3 is 15.4 Å². The topological polar surface area (TPSA) is 55.6 Å². The van der Waals surface area contributed by atoms with Crippen molar-refractivity contribution in [2.45, 2.75) is 25.5 Å². The average Bonchev–Trinajstić information content (AvgIpc) is 3.42. The van der Waals surface area contributed by atoms with Crippen LogP contribution in [0.2, 0.25) is 0 Å². The summed E-state index contributed by atoms with van der Waals surface area (Å²) < 4.78 is 5.94. The van der Waals surface area contributed by atoms with Crippen molar-refractivity contribution in [3.8, 4) is 5.75 Å². The minimum atomic E-state index is 0.0299. The van der Waals surface area contributed by atoms with Crippen LogP contribution in [0.4, 0.5) is 0 Å². The monoisotopic (exact) mass is 336 g/mol. The molecule has 2 fully saturated rings. The van der Waals surface area contributed by atoms with E-state index in [0.29, 0.717) is 30.4 Å². The average molecular weight is 336 g/mol. The van der Waals surface area contributed by atoms with E-state index in [9.17, 15) is 4.79 Å². The van der Waals surface area contributed by atoms with Gasteiger partial charge in [-0.3, -0.25) is 4.79 Å². The molecule has 1 heterocycles. The van der Waals surface area contributed by atoms with Gasteiger partial charge in [-0.25, -0.2) is 0 Å². The van der Waals surface area contributed by atoms with Crippen LogP contribution in [-0.4, -0.2) is 29.9 Å². The van der Waals surface area contributed by atoms with Crippen LogP contribution in [-0.2, 0) is 6.61 Å². The zero-order chi connectivity index (χ0) is 17.2. The zero-order valence-corrected chi connectivity index (χ0v) is 14.3. The first kappa shape index (κ1) is 16.2. The predicted octanol–water partition coefficient (Wildman–Crippen LogP) is 3.07. The van der Waals surface area contributed by atoms with E-state index in [4.69, 9.17) is 10.5 Å². The van der Waals surface area contributed by atoms with E-state index < -0.39 is 0 Å². The van der Waals surface area contributed by atoms with Crippen LogP contribution in [0, 0.1) is 11.8 Å². The molecule has 130 valence electrons. The van der Waals surface area contributed by atoms with Gasteiger partial charge in [-0.15, -0.1) is 0 Å². The van der Waals surface area contributed by atoms with E-state index in [0.717, 1.165) is 18.0 Å². The third kappa shape index (κ3) is 3.54. The largest absolute Gasteiger partial charge is 0.488 e. The highest BCUT2D eigenvalue weighted by Crippen LogP contribution is 2.41. The molecule has 4 nitrogen and oxygen atoms in total. The minimum Gasteiger partial charge on any atom is -0.488 e. The van der Waals surface area contributed by atoms with Crippen molar-refractivity contribution in [2.24, 2.45) is 17.6 Å². The number of carbonyl (C=O) groups is 1. The number of benzene rings is 2. The Balaban J connectivity index is 1.47. The van der Waals surface area contributed by atoms with Gasteiger partial charge in [0.05, 0.1) is 5.56 Å². The number of ether oxygens (including phenoxy) is 1. The molecule has 1 aliphatic carbocycles. The number of likely N-dealkylation sites (tertiary alicyclic amines) is 1. The molecule has 4 heteroatoms. The zero-order valence-electron chi connectivity index (χ0n) is 14.3. The molecule has 2 unspecified atom stereocenters. The van der Waals surface area contributed by atoms with Crippen molar-refractivity contribution in [1.29, 1.82) is 0 Å². The van der Waals surface area contributed by atoms with Crippen LogP contribution < -0.4 is 10.5 Å². The molecule has 4 rings (SSSR count). The molecule has 1 amide bonds. The normalized spacial score (nSPS) is 22.8. The van der Waals surface area contributed by atoms with Crippen LogP contribution >= 0.6 is 0 Å². The quantitative estimate of drug-likeness (QED) is 0.913. The number of hydrogen-bond acceptors (Lipinski definition) is 3. The van der Waals surface area contributed by atoms with Crippen LogP contribution in [0.25, 0.3) is 0 Å². The number of amides is 1. The third-order valence-corrected chi connectivity index (χ3v) is 5.28. The van der Waals surface area contributed by atoms with Crippen molar-refractivity contribution < 1.29 is 9.53 Å². The van der Waals surface area contributed by atoms with E-state index in [-0.39, 0.29) is 11.9 Å². The Morgan fingerprint density at radius 2 is 1.76 bits per heavy atom. The summed E-state index contributed by atoms with van der Waals surface area (Å²) >= 11 is 0. The Morgan fingerprint density at radius 1 is 1.04 bits per heavy atom. The fraction of sp³-hybridized carbons (Fsp3) is 0.381. The molecule has 0 aromatic heterocycles. The highest BCUT2D eigenvalue weighted by Gasteiger charge is 2.42. The van der Waals surface area contributed by atoms with Gasteiger partial charge in [0.15, 0.2) is 0 Å². The number of rotatable bonds is 5. The maximum atomic E-state index is 13.0. The van der Waals surface area contributed by atoms with E-state index in [2.05, 4.69) is 0 Å². The van der Waals surface area contributed by atoms with Crippen molar-refractivity contribution >= 4 is 5.91 Å². The first-order chi connectivity index (χ1) is 12.2. The van der Waals surface area contributed by atoms with Gasteiger partial charge in [0.1, 0.15) is 12.4 Å². The first-order valence-corrected chi connectivity index (χ1v) is 9.03. The highest BCUT2D eigenvalue weighted by molar-refractivity contribution is 5.97. The molecule has 2 aromatic rings. The highest BCUT2D eigenvalue weighted by atomic mass is 16.5. The number of carbonyl (C=O) groups excluding carboxylic acids is 1. The Kier molecular flexibility index (Phi) is 4.45. The molecule has 25 heavy (non-hydrogen) atoms. The van der Waals surface area contributed by atoms with Crippen LogP contribution in [0.3, 0.4) is 0 Å². The van der Waals surface area contributed by atoms with E-state index in [1.165, 1.54) is 12.8 Å². The summed E-state index contributed by atoms with van der Waals surface area (Å²) in [5, 5.41) is 0. The lowest BCUT2D eigenvalue weighted by molar-refractivity contribution is 0.0780. The lowest BCUT2D eigenvalue weighted by Crippen LogP contribution is -2.32. The SMILES string of the molecule is NC1CN(C(=O)c2ccccc2OCc2ccccc2)CC1C1CC1. The Hall–Kier alpha value is -2.33. The molecular formula is C21H24N2O2. The van der Waals surface area contributed by atoms with Crippen molar-refractivity contribution in [2.75, 3.05) is 13.1 Å². The lowest BCUT2D eigenvalue weighted by atomic mass is 9.99. The van der Waals surface area contributed by atoms with E-state index >= 15 is 0 Å². The number of para-hydroxylation sites is 1.